The smallest absolute Gasteiger partial charge is 0.395 e. The van der Waals surface area contributed by atoms with Gasteiger partial charge < -0.3 is 14.6 Å². The van der Waals surface area contributed by atoms with Gasteiger partial charge in [0, 0.05) is 44.8 Å². The largest absolute Gasteiger partial charge is 0.433 e. The number of piperazine rings is 1. The van der Waals surface area contributed by atoms with Crippen LogP contribution in [0.4, 0.5) is 10.3 Å². The number of benzene rings is 1. The minimum atomic E-state index is -0.686. The van der Waals surface area contributed by atoms with E-state index in [1.165, 1.54) is 30.3 Å². The van der Waals surface area contributed by atoms with Crippen molar-refractivity contribution in [1.82, 2.24) is 15.1 Å². The van der Waals surface area contributed by atoms with Gasteiger partial charge in [-0.1, -0.05) is 0 Å². The number of nitrogens with one attached hydrogen (secondary N) is 1. The fourth-order valence-corrected chi connectivity index (χ4v) is 2.90. The highest BCUT2D eigenvalue weighted by Crippen LogP contribution is 2.18. The molecular weight excluding hydrogens is 371 g/mol. The summed E-state index contributed by atoms with van der Waals surface area (Å²) in [7, 11) is 0. The number of halogens is 1. The number of carbonyl (C=O) groups excluding carboxylic acids is 2. The van der Waals surface area contributed by atoms with Gasteiger partial charge in [-0.3, -0.25) is 24.6 Å². The molecule has 2 aromatic rings. The van der Waals surface area contributed by atoms with E-state index in [9.17, 15) is 24.1 Å². The molecule has 1 aliphatic rings. The number of carbonyl (C=O) groups is 2. The van der Waals surface area contributed by atoms with Crippen LogP contribution in [0.3, 0.4) is 0 Å². The molecule has 0 spiro atoms. The van der Waals surface area contributed by atoms with Crippen LogP contribution in [0.2, 0.25) is 0 Å². The summed E-state index contributed by atoms with van der Waals surface area (Å²) < 4.78 is 17.8. The van der Waals surface area contributed by atoms with E-state index in [0.717, 1.165) is 6.07 Å². The Hall–Kier alpha value is -3.27. The molecule has 148 valence electrons. The maximum absolute atomic E-state index is 12.9. The van der Waals surface area contributed by atoms with E-state index in [-0.39, 0.29) is 17.6 Å². The Morgan fingerprint density at radius 2 is 1.79 bits per heavy atom. The van der Waals surface area contributed by atoms with E-state index in [1.54, 1.807) is 4.90 Å². The summed E-state index contributed by atoms with van der Waals surface area (Å²) in [5.41, 5.74) is 0.393. The van der Waals surface area contributed by atoms with Crippen LogP contribution in [0, 0.1) is 15.9 Å². The summed E-state index contributed by atoms with van der Waals surface area (Å²) >= 11 is 0. The van der Waals surface area contributed by atoms with Crippen molar-refractivity contribution < 1.29 is 23.3 Å². The number of nitro groups is 1. The lowest BCUT2D eigenvalue weighted by molar-refractivity contribution is -0.402. The van der Waals surface area contributed by atoms with Crippen LogP contribution in [0.25, 0.3) is 0 Å². The topological polar surface area (TPSA) is 109 Å². The highest BCUT2D eigenvalue weighted by atomic mass is 19.1. The first-order chi connectivity index (χ1) is 13.4. The van der Waals surface area contributed by atoms with Gasteiger partial charge in [-0.2, -0.15) is 0 Å². The zero-order valence-electron chi connectivity index (χ0n) is 15.0. The zero-order chi connectivity index (χ0) is 20.1. The average Bonchev–Trinajstić information content (AvgIpc) is 3.19. The van der Waals surface area contributed by atoms with Crippen LogP contribution in [-0.2, 0) is 0 Å². The van der Waals surface area contributed by atoms with Crippen molar-refractivity contribution in [2.45, 2.75) is 0 Å². The van der Waals surface area contributed by atoms with Gasteiger partial charge in [-0.15, -0.1) is 0 Å². The molecular formula is C18H19FN4O5. The van der Waals surface area contributed by atoms with Crippen molar-refractivity contribution in [3.63, 3.8) is 0 Å². The van der Waals surface area contributed by atoms with Crippen molar-refractivity contribution >= 4 is 17.7 Å². The van der Waals surface area contributed by atoms with Gasteiger partial charge in [0.25, 0.3) is 11.8 Å². The number of nitrogens with zero attached hydrogens (tertiary/aromatic N) is 3. The summed E-state index contributed by atoms with van der Waals surface area (Å²) in [5.74, 6) is -1.55. The summed E-state index contributed by atoms with van der Waals surface area (Å²) in [6.07, 6.45) is 0. The third-order valence-electron chi connectivity index (χ3n) is 4.46. The van der Waals surface area contributed by atoms with E-state index in [1.807, 2.05) is 0 Å². The lowest BCUT2D eigenvalue weighted by Crippen LogP contribution is -2.50. The highest BCUT2D eigenvalue weighted by Gasteiger charge is 2.25. The van der Waals surface area contributed by atoms with Crippen LogP contribution < -0.4 is 5.32 Å². The molecule has 1 N–H and O–H groups in total. The normalized spacial score (nSPS) is 14.7. The lowest BCUT2D eigenvalue weighted by atomic mass is 10.2. The maximum Gasteiger partial charge on any atom is 0.433 e. The van der Waals surface area contributed by atoms with Crippen molar-refractivity contribution in [3.8, 4) is 0 Å². The fraction of sp³-hybridized carbons (Fsp3) is 0.333. The number of hydrogen-bond donors (Lipinski definition) is 1. The highest BCUT2D eigenvalue weighted by molar-refractivity contribution is 5.94. The molecule has 10 heteroatoms. The van der Waals surface area contributed by atoms with Gasteiger partial charge >= 0.3 is 5.88 Å². The summed E-state index contributed by atoms with van der Waals surface area (Å²) in [4.78, 5) is 38.0. The Morgan fingerprint density at radius 3 is 2.39 bits per heavy atom. The Bertz CT molecular complexity index is 859. The third-order valence-corrected chi connectivity index (χ3v) is 4.46. The molecule has 1 saturated heterocycles. The van der Waals surface area contributed by atoms with Gasteiger partial charge in [-0.05, 0) is 30.3 Å². The quantitative estimate of drug-likeness (QED) is 0.592. The molecule has 1 aliphatic heterocycles. The molecule has 0 aliphatic carbocycles. The SMILES string of the molecule is O=C(NCCN1CCN(C(=O)c2ccc([N+](=O)[O-])o2)CC1)c1ccc(F)cc1. The number of amides is 2. The van der Waals surface area contributed by atoms with Crippen LogP contribution in [0.15, 0.2) is 40.8 Å². The fourth-order valence-electron chi connectivity index (χ4n) is 2.90. The van der Waals surface area contributed by atoms with Crippen LogP contribution in [0.5, 0.6) is 0 Å². The van der Waals surface area contributed by atoms with Gasteiger partial charge in [0.2, 0.25) is 0 Å². The van der Waals surface area contributed by atoms with Crippen LogP contribution >= 0.6 is 0 Å². The van der Waals surface area contributed by atoms with Crippen molar-refractivity contribution in [3.05, 3.63) is 63.7 Å². The van der Waals surface area contributed by atoms with E-state index in [2.05, 4.69) is 10.2 Å². The van der Waals surface area contributed by atoms with E-state index >= 15 is 0 Å². The molecule has 0 unspecified atom stereocenters. The molecule has 28 heavy (non-hydrogen) atoms. The molecule has 0 saturated carbocycles. The zero-order valence-corrected chi connectivity index (χ0v) is 15.0. The minimum absolute atomic E-state index is 0.0493. The number of furan rings is 1. The lowest BCUT2D eigenvalue weighted by Gasteiger charge is -2.34. The third kappa shape index (κ3) is 4.71. The van der Waals surface area contributed by atoms with Gasteiger partial charge in [-0.25, -0.2) is 4.39 Å². The predicted molar refractivity (Wildman–Crippen MR) is 96.4 cm³/mol. The Kier molecular flexibility index (Phi) is 5.99. The van der Waals surface area contributed by atoms with E-state index < -0.39 is 16.6 Å². The Balaban J connectivity index is 1.41. The van der Waals surface area contributed by atoms with Crippen LogP contribution in [0.1, 0.15) is 20.9 Å². The number of rotatable bonds is 6. The predicted octanol–water partition coefficient (Wildman–Crippen LogP) is 1.51. The molecule has 0 atom stereocenters. The second-order valence-electron chi connectivity index (χ2n) is 6.29. The minimum Gasteiger partial charge on any atom is -0.395 e. The molecule has 2 heterocycles. The van der Waals surface area contributed by atoms with E-state index in [4.69, 9.17) is 4.42 Å². The van der Waals surface area contributed by atoms with Gasteiger partial charge in [0.15, 0.2) is 5.76 Å². The van der Waals surface area contributed by atoms with Crippen molar-refractivity contribution in [2.75, 3.05) is 39.3 Å². The van der Waals surface area contributed by atoms with Gasteiger partial charge in [0.05, 0.1) is 6.07 Å². The second kappa shape index (κ2) is 8.61. The number of hydrogen-bond acceptors (Lipinski definition) is 6. The summed E-state index contributed by atoms with van der Waals surface area (Å²) in [6, 6.07) is 7.78. The first kappa shape index (κ1) is 19.5. The van der Waals surface area contributed by atoms with Crippen LogP contribution in [-0.4, -0.2) is 65.8 Å². The molecule has 1 aromatic heterocycles. The maximum atomic E-state index is 12.9. The molecule has 1 fully saturated rings. The molecule has 1 aromatic carbocycles. The molecule has 3 rings (SSSR count). The monoisotopic (exact) mass is 390 g/mol. The summed E-state index contributed by atoms with van der Waals surface area (Å²) in [6.45, 7) is 3.18. The summed E-state index contributed by atoms with van der Waals surface area (Å²) in [5, 5.41) is 13.4. The average molecular weight is 390 g/mol. The molecule has 0 bridgehead atoms. The van der Waals surface area contributed by atoms with Crippen molar-refractivity contribution in [1.29, 1.82) is 0 Å². The molecule has 9 nitrogen and oxygen atoms in total. The van der Waals surface area contributed by atoms with Gasteiger partial charge in [0.1, 0.15) is 10.7 Å². The first-order valence-corrected chi connectivity index (χ1v) is 8.73. The van der Waals surface area contributed by atoms with Crippen molar-refractivity contribution in [2.24, 2.45) is 0 Å². The Morgan fingerprint density at radius 1 is 1.11 bits per heavy atom. The standard InChI is InChI=1S/C18H19FN4O5/c19-14-3-1-13(2-4-14)17(24)20-7-8-21-9-11-22(12-10-21)18(25)15-5-6-16(28-15)23(26)27/h1-6H,7-12H2,(H,20,24). The first-order valence-electron chi connectivity index (χ1n) is 8.73. The molecule has 0 radical (unpaired) electrons. The Labute approximate surface area is 159 Å². The second-order valence-corrected chi connectivity index (χ2v) is 6.29. The molecule has 2 amide bonds. The van der Waals surface area contributed by atoms with E-state index in [0.29, 0.717) is 44.8 Å².